The van der Waals surface area contributed by atoms with Gasteiger partial charge in [-0.1, -0.05) is 12.1 Å². The van der Waals surface area contributed by atoms with Crippen molar-refractivity contribution in [2.75, 3.05) is 13.2 Å². The summed E-state index contributed by atoms with van der Waals surface area (Å²) in [6.45, 7) is 4.97. The van der Waals surface area contributed by atoms with Gasteiger partial charge in [0, 0.05) is 13.0 Å². The third-order valence-corrected chi connectivity index (χ3v) is 3.69. The molecule has 0 aromatic heterocycles. The number of hydrogen-bond donors (Lipinski definition) is 2. The highest BCUT2D eigenvalue weighted by atomic mass is 16.5. The number of ether oxygens (including phenoxy) is 1. The first kappa shape index (κ1) is 15.4. The Morgan fingerprint density at radius 1 is 1.43 bits per heavy atom. The van der Waals surface area contributed by atoms with Gasteiger partial charge in [-0.15, -0.1) is 0 Å². The molecule has 2 N–H and O–H groups in total. The minimum absolute atomic E-state index is 0.00335. The zero-order valence-electron chi connectivity index (χ0n) is 12.5. The molecule has 5 nitrogen and oxygen atoms in total. The predicted molar refractivity (Wildman–Crippen MR) is 79.9 cm³/mol. The molecule has 2 rings (SSSR count). The molecular formula is C16H22N2O3. The maximum atomic E-state index is 12.2. The molecule has 1 saturated heterocycles. The van der Waals surface area contributed by atoms with Crippen molar-refractivity contribution in [2.24, 2.45) is 5.92 Å². The van der Waals surface area contributed by atoms with Gasteiger partial charge >= 0.3 is 0 Å². The summed E-state index contributed by atoms with van der Waals surface area (Å²) in [5, 5.41) is 5.73. The summed E-state index contributed by atoms with van der Waals surface area (Å²) < 4.78 is 5.40. The number of amides is 2. The van der Waals surface area contributed by atoms with E-state index >= 15 is 0 Å². The van der Waals surface area contributed by atoms with Crippen molar-refractivity contribution in [3.8, 4) is 5.75 Å². The standard InChI is InChI=1S/C16H22N2O3/c1-3-21-14-7-4-12(5-8-14)11(2)18-16(20)13-6-9-15(19)17-10-13/h4-5,7-8,11,13H,3,6,9-10H2,1-2H3,(H,17,19)(H,18,20). The minimum Gasteiger partial charge on any atom is -0.494 e. The Morgan fingerprint density at radius 3 is 2.71 bits per heavy atom. The van der Waals surface area contributed by atoms with Crippen LogP contribution in [-0.2, 0) is 9.59 Å². The van der Waals surface area contributed by atoms with E-state index in [1.165, 1.54) is 0 Å². The van der Waals surface area contributed by atoms with Gasteiger partial charge in [-0.3, -0.25) is 9.59 Å². The molecule has 1 fully saturated rings. The Labute approximate surface area is 125 Å². The number of benzene rings is 1. The van der Waals surface area contributed by atoms with E-state index < -0.39 is 0 Å². The Hall–Kier alpha value is -2.04. The summed E-state index contributed by atoms with van der Waals surface area (Å²) in [4.78, 5) is 23.3. The van der Waals surface area contributed by atoms with E-state index in [-0.39, 0.29) is 23.8 Å². The van der Waals surface area contributed by atoms with Crippen molar-refractivity contribution in [3.05, 3.63) is 29.8 Å². The predicted octanol–water partition coefficient (Wildman–Crippen LogP) is 1.79. The molecule has 0 saturated carbocycles. The van der Waals surface area contributed by atoms with E-state index in [2.05, 4.69) is 10.6 Å². The molecule has 1 aliphatic heterocycles. The second kappa shape index (κ2) is 7.11. The van der Waals surface area contributed by atoms with Crippen LogP contribution in [0.25, 0.3) is 0 Å². The topological polar surface area (TPSA) is 67.4 Å². The van der Waals surface area contributed by atoms with Crippen LogP contribution in [0.4, 0.5) is 0 Å². The fourth-order valence-corrected chi connectivity index (χ4v) is 2.39. The maximum absolute atomic E-state index is 12.2. The summed E-state index contributed by atoms with van der Waals surface area (Å²) in [5.41, 5.74) is 1.03. The van der Waals surface area contributed by atoms with Gasteiger partial charge in [0.25, 0.3) is 0 Å². The number of hydrogen-bond acceptors (Lipinski definition) is 3. The van der Waals surface area contributed by atoms with Gasteiger partial charge in [0.1, 0.15) is 5.75 Å². The molecule has 1 aliphatic rings. The number of carbonyl (C=O) groups excluding carboxylic acids is 2. The zero-order valence-corrected chi connectivity index (χ0v) is 12.5. The molecule has 1 aromatic carbocycles. The lowest BCUT2D eigenvalue weighted by molar-refractivity contribution is -0.129. The van der Waals surface area contributed by atoms with Gasteiger partial charge in [0.2, 0.25) is 11.8 Å². The Bertz CT molecular complexity index is 489. The average Bonchev–Trinajstić information content (AvgIpc) is 2.49. The number of nitrogens with one attached hydrogen (secondary N) is 2. The minimum atomic E-state index is -0.132. The van der Waals surface area contributed by atoms with Crippen LogP contribution in [0.2, 0.25) is 0 Å². The van der Waals surface area contributed by atoms with Crippen LogP contribution in [0, 0.1) is 5.92 Å². The lowest BCUT2D eigenvalue weighted by Crippen LogP contribution is -2.43. The Kier molecular flexibility index (Phi) is 5.20. The van der Waals surface area contributed by atoms with Crippen molar-refractivity contribution in [3.63, 3.8) is 0 Å². The smallest absolute Gasteiger partial charge is 0.225 e. The fraction of sp³-hybridized carbons (Fsp3) is 0.500. The van der Waals surface area contributed by atoms with E-state index in [1.807, 2.05) is 38.1 Å². The molecule has 2 unspecified atom stereocenters. The number of rotatable bonds is 5. The molecule has 0 radical (unpaired) electrons. The highest BCUT2D eigenvalue weighted by Crippen LogP contribution is 2.19. The van der Waals surface area contributed by atoms with Crippen molar-refractivity contribution in [1.29, 1.82) is 0 Å². The SMILES string of the molecule is CCOc1ccc(C(C)NC(=O)C2CCC(=O)NC2)cc1. The molecule has 0 bridgehead atoms. The van der Waals surface area contributed by atoms with E-state index in [4.69, 9.17) is 4.74 Å². The molecule has 1 aromatic rings. The summed E-state index contributed by atoms with van der Waals surface area (Å²) in [5.74, 6) is 0.720. The van der Waals surface area contributed by atoms with Crippen molar-refractivity contribution >= 4 is 11.8 Å². The molecule has 21 heavy (non-hydrogen) atoms. The molecule has 5 heteroatoms. The summed E-state index contributed by atoms with van der Waals surface area (Å²) in [6.07, 6.45) is 1.04. The van der Waals surface area contributed by atoms with Crippen LogP contribution in [0.3, 0.4) is 0 Å². The molecule has 0 spiro atoms. The molecule has 114 valence electrons. The van der Waals surface area contributed by atoms with Crippen LogP contribution in [-0.4, -0.2) is 25.0 Å². The van der Waals surface area contributed by atoms with Gasteiger partial charge in [-0.05, 0) is 38.0 Å². The first-order valence-electron chi connectivity index (χ1n) is 7.40. The third kappa shape index (κ3) is 4.21. The molecule has 1 heterocycles. The lowest BCUT2D eigenvalue weighted by Gasteiger charge is -2.24. The number of carbonyl (C=O) groups is 2. The largest absolute Gasteiger partial charge is 0.494 e. The lowest BCUT2D eigenvalue weighted by atomic mass is 9.97. The Morgan fingerprint density at radius 2 is 2.14 bits per heavy atom. The Balaban J connectivity index is 1.89. The third-order valence-electron chi connectivity index (χ3n) is 3.69. The van der Waals surface area contributed by atoms with Crippen LogP contribution < -0.4 is 15.4 Å². The summed E-state index contributed by atoms with van der Waals surface area (Å²) >= 11 is 0. The van der Waals surface area contributed by atoms with Crippen LogP contribution in [0.5, 0.6) is 5.75 Å². The summed E-state index contributed by atoms with van der Waals surface area (Å²) in [6, 6.07) is 7.66. The van der Waals surface area contributed by atoms with Crippen LogP contribution in [0.15, 0.2) is 24.3 Å². The van der Waals surface area contributed by atoms with Crippen LogP contribution >= 0.6 is 0 Å². The highest BCUT2D eigenvalue weighted by molar-refractivity contribution is 5.83. The normalized spacial score (nSPS) is 19.5. The van der Waals surface area contributed by atoms with Gasteiger partial charge in [0.15, 0.2) is 0 Å². The van der Waals surface area contributed by atoms with Crippen molar-refractivity contribution in [1.82, 2.24) is 10.6 Å². The molecule has 2 amide bonds. The monoisotopic (exact) mass is 290 g/mol. The van der Waals surface area contributed by atoms with E-state index in [9.17, 15) is 9.59 Å². The fourth-order valence-electron chi connectivity index (χ4n) is 2.39. The first-order valence-corrected chi connectivity index (χ1v) is 7.40. The highest BCUT2D eigenvalue weighted by Gasteiger charge is 2.25. The van der Waals surface area contributed by atoms with E-state index in [0.717, 1.165) is 11.3 Å². The van der Waals surface area contributed by atoms with Crippen LogP contribution in [0.1, 0.15) is 38.3 Å². The van der Waals surface area contributed by atoms with Gasteiger partial charge in [-0.2, -0.15) is 0 Å². The molecule has 2 atom stereocenters. The van der Waals surface area contributed by atoms with Crippen molar-refractivity contribution in [2.45, 2.75) is 32.7 Å². The van der Waals surface area contributed by atoms with Gasteiger partial charge < -0.3 is 15.4 Å². The zero-order chi connectivity index (χ0) is 15.2. The summed E-state index contributed by atoms with van der Waals surface area (Å²) in [7, 11) is 0. The quantitative estimate of drug-likeness (QED) is 0.868. The number of piperidine rings is 1. The maximum Gasteiger partial charge on any atom is 0.225 e. The van der Waals surface area contributed by atoms with Gasteiger partial charge in [-0.25, -0.2) is 0 Å². The second-order valence-corrected chi connectivity index (χ2v) is 5.27. The van der Waals surface area contributed by atoms with Crippen molar-refractivity contribution < 1.29 is 14.3 Å². The molecular weight excluding hydrogens is 268 g/mol. The second-order valence-electron chi connectivity index (χ2n) is 5.27. The van der Waals surface area contributed by atoms with E-state index in [1.54, 1.807) is 0 Å². The van der Waals surface area contributed by atoms with Gasteiger partial charge in [0.05, 0.1) is 18.6 Å². The van der Waals surface area contributed by atoms with E-state index in [0.29, 0.717) is 26.0 Å². The molecule has 0 aliphatic carbocycles. The average molecular weight is 290 g/mol. The first-order chi connectivity index (χ1) is 10.1.